The molecule has 94 valence electrons. The molecule has 1 aliphatic heterocycles. The van der Waals surface area contributed by atoms with E-state index < -0.39 is 17.9 Å². The third-order valence-electron chi connectivity index (χ3n) is 2.61. The number of nitrogens with zero attached hydrogens (tertiary/aromatic N) is 3. The van der Waals surface area contributed by atoms with Crippen molar-refractivity contribution in [3.8, 4) is 0 Å². The Bertz CT molecular complexity index is 513. The molecule has 1 fully saturated rings. The average Bonchev–Trinajstić information content (AvgIpc) is 2.71. The van der Waals surface area contributed by atoms with Gasteiger partial charge in [-0.25, -0.2) is 14.8 Å². The van der Waals surface area contributed by atoms with Crippen molar-refractivity contribution in [3.05, 3.63) is 18.1 Å². The van der Waals surface area contributed by atoms with Gasteiger partial charge in [-0.3, -0.25) is 14.5 Å². The third-order valence-corrected chi connectivity index (χ3v) is 2.61. The molecule has 0 spiro atoms. The summed E-state index contributed by atoms with van der Waals surface area (Å²) in [5.41, 5.74) is -0.236. The predicted molar refractivity (Wildman–Crippen MR) is 57.1 cm³/mol. The molecule has 1 atom stereocenters. The molecule has 1 saturated heterocycles. The number of carboxylic acid groups (broad SMARTS) is 2. The molecule has 1 unspecified atom stereocenters. The Labute approximate surface area is 101 Å². The fraction of sp³-hybridized carbons (Fsp3) is 0.300. The standard InChI is InChI=1S/C10H9N3O5/c14-8-1-5(9(15)16)4-13(8)7-3-11-6(2-12-7)10(17)18/h2-3,5H,1,4H2,(H,15,16)(H,17,18). The molecule has 1 amide bonds. The summed E-state index contributed by atoms with van der Waals surface area (Å²) in [6, 6.07) is 0. The number of aromatic carboxylic acids is 1. The van der Waals surface area contributed by atoms with E-state index in [1.807, 2.05) is 0 Å². The van der Waals surface area contributed by atoms with Crippen molar-refractivity contribution in [2.24, 2.45) is 5.92 Å². The summed E-state index contributed by atoms with van der Waals surface area (Å²) in [5.74, 6) is -3.22. The number of aliphatic carboxylic acids is 1. The maximum atomic E-state index is 11.6. The van der Waals surface area contributed by atoms with Crippen molar-refractivity contribution in [1.82, 2.24) is 9.97 Å². The number of aromatic nitrogens is 2. The van der Waals surface area contributed by atoms with E-state index in [2.05, 4.69) is 9.97 Å². The van der Waals surface area contributed by atoms with Gasteiger partial charge in [-0.2, -0.15) is 0 Å². The SMILES string of the molecule is O=C(O)c1cnc(N2CC(C(=O)O)CC2=O)cn1. The van der Waals surface area contributed by atoms with E-state index in [0.29, 0.717) is 0 Å². The first-order valence-electron chi connectivity index (χ1n) is 5.07. The number of carboxylic acids is 2. The Kier molecular flexibility index (Phi) is 2.92. The van der Waals surface area contributed by atoms with E-state index in [9.17, 15) is 14.4 Å². The highest BCUT2D eigenvalue weighted by Gasteiger charge is 2.35. The highest BCUT2D eigenvalue weighted by atomic mass is 16.4. The quantitative estimate of drug-likeness (QED) is 0.750. The molecule has 2 N–H and O–H groups in total. The van der Waals surface area contributed by atoms with Crippen molar-refractivity contribution in [3.63, 3.8) is 0 Å². The van der Waals surface area contributed by atoms with E-state index in [1.165, 1.54) is 4.90 Å². The van der Waals surface area contributed by atoms with Gasteiger partial charge in [0.2, 0.25) is 5.91 Å². The molecule has 0 bridgehead atoms. The van der Waals surface area contributed by atoms with Crippen molar-refractivity contribution >= 4 is 23.7 Å². The Balaban J connectivity index is 2.19. The molecule has 2 rings (SSSR count). The topological polar surface area (TPSA) is 121 Å². The minimum Gasteiger partial charge on any atom is -0.481 e. The monoisotopic (exact) mass is 251 g/mol. The lowest BCUT2D eigenvalue weighted by atomic mass is 10.1. The third kappa shape index (κ3) is 2.12. The highest BCUT2D eigenvalue weighted by molar-refractivity contribution is 5.98. The van der Waals surface area contributed by atoms with Crippen LogP contribution in [0.3, 0.4) is 0 Å². The Morgan fingerprint density at radius 3 is 2.44 bits per heavy atom. The summed E-state index contributed by atoms with van der Waals surface area (Å²) in [6.07, 6.45) is 2.09. The van der Waals surface area contributed by atoms with E-state index in [1.54, 1.807) is 0 Å². The second-order valence-corrected chi connectivity index (χ2v) is 3.81. The van der Waals surface area contributed by atoms with Gasteiger partial charge in [0, 0.05) is 13.0 Å². The van der Waals surface area contributed by atoms with Crippen molar-refractivity contribution in [2.45, 2.75) is 6.42 Å². The zero-order valence-electron chi connectivity index (χ0n) is 9.11. The second kappa shape index (κ2) is 4.40. The first-order valence-corrected chi connectivity index (χ1v) is 5.07. The molecule has 0 aromatic carbocycles. The Hall–Kier alpha value is -2.51. The molecule has 8 heteroatoms. The predicted octanol–water partition coefficient (Wildman–Crippen LogP) is -0.388. The number of rotatable bonds is 3. The van der Waals surface area contributed by atoms with Gasteiger partial charge < -0.3 is 10.2 Å². The molecule has 1 aromatic rings. The normalized spacial score (nSPS) is 19.0. The van der Waals surface area contributed by atoms with Crippen LogP contribution in [0.4, 0.5) is 5.82 Å². The summed E-state index contributed by atoms with van der Waals surface area (Å²) < 4.78 is 0. The van der Waals surface area contributed by atoms with E-state index >= 15 is 0 Å². The fourth-order valence-corrected chi connectivity index (χ4v) is 1.67. The van der Waals surface area contributed by atoms with Crippen LogP contribution in [0.25, 0.3) is 0 Å². The summed E-state index contributed by atoms with van der Waals surface area (Å²) in [4.78, 5) is 41.6. The molecular weight excluding hydrogens is 242 g/mol. The average molecular weight is 251 g/mol. The number of hydrogen-bond donors (Lipinski definition) is 2. The lowest BCUT2D eigenvalue weighted by Gasteiger charge is -2.13. The first-order chi connectivity index (χ1) is 8.49. The Morgan fingerprint density at radius 2 is 2.00 bits per heavy atom. The van der Waals surface area contributed by atoms with Gasteiger partial charge in [0.1, 0.15) is 0 Å². The van der Waals surface area contributed by atoms with Gasteiger partial charge in [-0.1, -0.05) is 0 Å². The van der Waals surface area contributed by atoms with E-state index in [0.717, 1.165) is 12.4 Å². The van der Waals surface area contributed by atoms with Crippen LogP contribution < -0.4 is 4.90 Å². The van der Waals surface area contributed by atoms with Crippen LogP contribution in [0.5, 0.6) is 0 Å². The number of carbonyl (C=O) groups is 3. The van der Waals surface area contributed by atoms with Crippen molar-refractivity contribution in [1.29, 1.82) is 0 Å². The van der Waals surface area contributed by atoms with Crippen LogP contribution in [-0.4, -0.2) is 44.6 Å². The van der Waals surface area contributed by atoms with Gasteiger partial charge in [0.25, 0.3) is 0 Å². The first kappa shape index (κ1) is 12.0. The van der Waals surface area contributed by atoms with Gasteiger partial charge in [0.05, 0.1) is 18.3 Å². The minimum atomic E-state index is -1.22. The van der Waals surface area contributed by atoms with Crippen LogP contribution in [0.15, 0.2) is 12.4 Å². The van der Waals surface area contributed by atoms with E-state index in [4.69, 9.17) is 10.2 Å². The molecule has 0 saturated carbocycles. The van der Waals surface area contributed by atoms with E-state index in [-0.39, 0.29) is 30.4 Å². The number of amides is 1. The summed E-state index contributed by atoms with van der Waals surface area (Å²) >= 11 is 0. The van der Waals surface area contributed by atoms with Crippen LogP contribution in [0, 0.1) is 5.92 Å². The van der Waals surface area contributed by atoms with Crippen LogP contribution in [-0.2, 0) is 9.59 Å². The molecule has 0 aliphatic carbocycles. The summed E-state index contributed by atoms with van der Waals surface area (Å²) in [6.45, 7) is 0.0231. The lowest BCUT2D eigenvalue weighted by Crippen LogP contribution is -2.27. The smallest absolute Gasteiger partial charge is 0.356 e. The lowest BCUT2D eigenvalue weighted by molar-refractivity contribution is -0.141. The molecular formula is C10H9N3O5. The molecule has 2 heterocycles. The largest absolute Gasteiger partial charge is 0.481 e. The van der Waals surface area contributed by atoms with Gasteiger partial charge in [-0.05, 0) is 0 Å². The Morgan fingerprint density at radius 1 is 1.28 bits per heavy atom. The highest BCUT2D eigenvalue weighted by Crippen LogP contribution is 2.22. The molecule has 18 heavy (non-hydrogen) atoms. The zero-order chi connectivity index (χ0) is 13.3. The van der Waals surface area contributed by atoms with Gasteiger partial charge in [0.15, 0.2) is 11.5 Å². The molecule has 1 aliphatic rings. The number of carbonyl (C=O) groups excluding carboxylic acids is 1. The zero-order valence-corrected chi connectivity index (χ0v) is 9.11. The number of hydrogen-bond acceptors (Lipinski definition) is 5. The maximum absolute atomic E-state index is 11.6. The molecule has 1 aromatic heterocycles. The van der Waals surface area contributed by atoms with Crippen LogP contribution in [0.2, 0.25) is 0 Å². The van der Waals surface area contributed by atoms with Gasteiger partial charge in [-0.15, -0.1) is 0 Å². The minimum absolute atomic E-state index is 0.0231. The maximum Gasteiger partial charge on any atom is 0.356 e. The van der Waals surface area contributed by atoms with Crippen molar-refractivity contribution in [2.75, 3.05) is 11.4 Å². The summed E-state index contributed by atoms with van der Waals surface area (Å²) in [5, 5.41) is 17.5. The number of anilines is 1. The van der Waals surface area contributed by atoms with Crippen LogP contribution in [0.1, 0.15) is 16.9 Å². The second-order valence-electron chi connectivity index (χ2n) is 3.81. The van der Waals surface area contributed by atoms with Crippen LogP contribution >= 0.6 is 0 Å². The van der Waals surface area contributed by atoms with Crippen molar-refractivity contribution < 1.29 is 24.6 Å². The molecule has 0 radical (unpaired) electrons. The van der Waals surface area contributed by atoms with Gasteiger partial charge >= 0.3 is 11.9 Å². The molecule has 8 nitrogen and oxygen atoms in total. The fourth-order valence-electron chi connectivity index (χ4n) is 1.67. The summed E-state index contributed by atoms with van der Waals surface area (Å²) in [7, 11) is 0.